The van der Waals surface area contributed by atoms with Gasteiger partial charge in [-0.05, 0) is 37.0 Å². The highest BCUT2D eigenvalue weighted by atomic mass is 16.5. The molecule has 2 atom stereocenters. The van der Waals surface area contributed by atoms with Gasteiger partial charge in [-0.2, -0.15) is 15.0 Å². The molecule has 1 aromatic heterocycles. The Kier molecular flexibility index (Phi) is 4.83. The molecule has 0 bridgehead atoms. The van der Waals surface area contributed by atoms with Gasteiger partial charge < -0.3 is 9.64 Å². The van der Waals surface area contributed by atoms with Crippen molar-refractivity contribution < 1.29 is 9.53 Å². The largest absolute Gasteiger partial charge is 0.497 e. The van der Waals surface area contributed by atoms with Gasteiger partial charge in [0, 0.05) is 12.6 Å². The molecule has 1 aromatic carbocycles. The molecule has 1 amide bonds. The summed E-state index contributed by atoms with van der Waals surface area (Å²) < 4.78 is 5.30. The lowest BCUT2D eigenvalue weighted by Crippen LogP contribution is -2.58. The summed E-state index contributed by atoms with van der Waals surface area (Å²) in [6.45, 7) is 5.17. The van der Waals surface area contributed by atoms with Gasteiger partial charge in [0.2, 0.25) is 0 Å². The topological polar surface area (TPSA) is 60.2 Å². The highest BCUT2D eigenvalue weighted by molar-refractivity contribution is 5.98. The van der Waals surface area contributed by atoms with Gasteiger partial charge in [0.05, 0.1) is 30.8 Å². The Morgan fingerprint density at radius 1 is 1.29 bits per heavy atom. The number of nitrogens with zero attached hydrogens (tertiary/aromatic N) is 4. The van der Waals surface area contributed by atoms with Crippen molar-refractivity contribution in [2.45, 2.75) is 39.2 Å². The molecule has 1 saturated heterocycles. The number of ether oxygens (including phenoxy) is 1. The third kappa shape index (κ3) is 2.88. The molecule has 0 N–H and O–H groups in total. The average Bonchev–Trinajstić information content (AvgIpc) is 3.12. The Balaban J connectivity index is 1.92. The summed E-state index contributed by atoms with van der Waals surface area (Å²) in [5, 5.41) is 8.33. The Morgan fingerprint density at radius 3 is 2.67 bits per heavy atom. The zero-order valence-electron chi connectivity index (χ0n) is 14.5. The third-order valence-electron chi connectivity index (χ3n) is 4.78. The molecule has 2 aromatic rings. The molecule has 0 saturated carbocycles. The zero-order valence-corrected chi connectivity index (χ0v) is 14.5. The number of benzene rings is 1. The molecule has 1 aliphatic heterocycles. The van der Waals surface area contributed by atoms with Crippen LogP contribution >= 0.6 is 0 Å². The predicted octanol–water partition coefficient (Wildman–Crippen LogP) is 2.93. The van der Waals surface area contributed by atoms with Gasteiger partial charge in [0.1, 0.15) is 5.75 Å². The lowest BCUT2D eigenvalue weighted by Gasteiger charge is -2.48. The van der Waals surface area contributed by atoms with E-state index in [2.05, 4.69) is 24.0 Å². The van der Waals surface area contributed by atoms with E-state index in [0.29, 0.717) is 29.0 Å². The number of likely N-dealkylation sites (tertiary alicyclic amines) is 1. The summed E-state index contributed by atoms with van der Waals surface area (Å²) in [4.78, 5) is 16.6. The highest BCUT2D eigenvalue weighted by Gasteiger charge is 2.40. The van der Waals surface area contributed by atoms with Crippen molar-refractivity contribution in [1.29, 1.82) is 0 Å². The second kappa shape index (κ2) is 7.03. The molecular weight excluding hydrogens is 304 g/mol. The van der Waals surface area contributed by atoms with E-state index < -0.39 is 0 Å². The SMILES string of the molecule is CCCC1CN(C(=O)c2cc(OC)ccc2-n2nccn2)C1CC. The van der Waals surface area contributed by atoms with E-state index >= 15 is 0 Å². The zero-order chi connectivity index (χ0) is 17.1. The summed E-state index contributed by atoms with van der Waals surface area (Å²) in [7, 11) is 1.60. The number of methoxy groups -OCH3 is 1. The molecule has 6 nitrogen and oxygen atoms in total. The first-order chi connectivity index (χ1) is 11.7. The number of amides is 1. The fourth-order valence-corrected chi connectivity index (χ4v) is 3.55. The molecule has 0 aliphatic carbocycles. The molecule has 1 fully saturated rings. The third-order valence-corrected chi connectivity index (χ3v) is 4.78. The predicted molar refractivity (Wildman–Crippen MR) is 91.4 cm³/mol. The summed E-state index contributed by atoms with van der Waals surface area (Å²) in [5.74, 6) is 1.30. The molecule has 0 spiro atoms. The van der Waals surface area contributed by atoms with Gasteiger partial charge in [0.15, 0.2) is 0 Å². The smallest absolute Gasteiger partial charge is 0.256 e. The molecular formula is C18H24N4O2. The Hall–Kier alpha value is -2.37. The lowest BCUT2D eigenvalue weighted by atomic mass is 9.82. The normalized spacial score (nSPS) is 19.9. The maximum atomic E-state index is 13.1. The van der Waals surface area contributed by atoms with Gasteiger partial charge in [-0.25, -0.2) is 0 Å². The van der Waals surface area contributed by atoms with Crippen LogP contribution in [0.1, 0.15) is 43.5 Å². The Morgan fingerprint density at radius 2 is 2.04 bits per heavy atom. The van der Waals surface area contributed by atoms with Gasteiger partial charge in [-0.3, -0.25) is 4.79 Å². The standard InChI is InChI=1S/C18H24N4O2/c1-4-6-13-12-21(16(13)5-2)18(23)15-11-14(24-3)7-8-17(15)22-19-9-10-20-22/h7-11,13,16H,4-6,12H2,1-3H3. The molecule has 128 valence electrons. The van der Waals surface area contributed by atoms with E-state index in [1.165, 1.54) is 11.2 Å². The van der Waals surface area contributed by atoms with Crippen molar-refractivity contribution in [3.8, 4) is 11.4 Å². The first-order valence-corrected chi connectivity index (χ1v) is 8.55. The number of aromatic nitrogens is 3. The second-order valence-electron chi connectivity index (χ2n) is 6.18. The fraction of sp³-hybridized carbons (Fsp3) is 0.500. The van der Waals surface area contributed by atoms with Crippen LogP contribution in [0.4, 0.5) is 0 Å². The average molecular weight is 328 g/mol. The lowest BCUT2D eigenvalue weighted by molar-refractivity contribution is 0.0104. The van der Waals surface area contributed by atoms with Crippen LogP contribution in [0.5, 0.6) is 5.75 Å². The summed E-state index contributed by atoms with van der Waals surface area (Å²) >= 11 is 0. The minimum atomic E-state index is 0.0282. The molecule has 0 radical (unpaired) electrons. The van der Waals surface area contributed by atoms with Gasteiger partial charge >= 0.3 is 0 Å². The summed E-state index contributed by atoms with van der Waals surface area (Å²) in [6, 6.07) is 5.75. The number of carbonyl (C=O) groups excluding carboxylic acids is 1. The van der Waals surface area contributed by atoms with E-state index in [9.17, 15) is 4.79 Å². The maximum absolute atomic E-state index is 13.1. The summed E-state index contributed by atoms with van der Waals surface area (Å²) in [6.07, 6.45) is 6.52. The van der Waals surface area contributed by atoms with E-state index in [0.717, 1.165) is 19.4 Å². The summed E-state index contributed by atoms with van der Waals surface area (Å²) in [5.41, 5.74) is 1.26. The van der Waals surface area contributed by atoms with Crippen molar-refractivity contribution in [1.82, 2.24) is 19.9 Å². The van der Waals surface area contributed by atoms with Crippen LogP contribution in [-0.2, 0) is 0 Å². The molecule has 2 heterocycles. The van der Waals surface area contributed by atoms with E-state index in [1.54, 1.807) is 25.6 Å². The number of hydrogen-bond acceptors (Lipinski definition) is 4. The van der Waals surface area contributed by atoms with Crippen LogP contribution in [0.3, 0.4) is 0 Å². The number of carbonyl (C=O) groups is 1. The monoisotopic (exact) mass is 328 g/mol. The van der Waals surface area contributed by atoms with Crippen LogP contribution in [0.2, 0.25) is 0 Å². The molecule has 6 heteroatoms. The van der Waals surface area contributed by atoms with Crippen LogP contribution in [0.25, 0.3) is 5.69 Å². The first kappa shape index (κ1) is 16.5. The van der Waals surface area contributed by atoms with Crippen LogP contribution in [0, 0.1) is 5.92 Å². The highest BCUT2D eigenvalue weighted by Crippen LogP contribution is 2.34. The molecule has 3 rings (SSSR count). The van der Waals surface area contributed by atoms with Crippen molar-refractivity contribution in [2.24, 2.45) is 5.92 Å². The second-order valence-corrected chi connectivity index (χ2v) is 6.18. The quantitative estimate of drug-likeness (QED) is 0.818. The van der Waals surface area contributed by atoms with E-state index in [1.807, 2.05) is 17.0 Å². The first-order valence-electron chi connectivity index (χ1n) is 8.55. The molecule has 2 unspecified atom stereocenters. The number of rotatable bonds is 6. The maximum Gasteiger partial charge on any atom is 0.256 e. The molecule has 24 heavy (non-hydrogen) atoms. The minimum Gasteiger partial charge on any atom is -0.497 e. The van der Waals surface area contributed by atoms with Crippen LogP contribution in [0.15, 0.2) is 30.6 Å². The van der Waals surface area contributed by atoms with Crippen molar-refractivity contribution >= 4 is 5.91 Å². The van der Waals surface area contributed by atoms with Crippen molar-refractivity contribution in [2.75, 3.05) is 13.7 Å². The fourth-order valence-electron chi connectivity index (χ4n) is 3.55. The van der Waals surface area contributed by atoms with Crippen molar-refractivity contribution in [3.63, 3.8) is 0 Å². The van der Waals surface area contributed by atoms with Crippen LogP contribution < -0.4 is 4.74 Å². The van der Waals surface area contributed by atoms with Crippen LogP contribution in [-0.4, -0.2) is 45.5 Å². The van der Waals surface area contributed by atoms with E-state index in [-0.39, 0.29) is 5.91 Å². The Labute approximate surface area is 142 Å². The van der Waals surface area contributed by atoms with Gasteiger partial charge in [0.25, 0.3) is 5.91 Å². The Bertz CT molecular complexity index is 699. The number of hydrogen-bond donors (Lipinski definition) is 0. The molecule has 1 aliphatic rings. The minimum absolute atomic E-state index is 0.0282. The van der Waals surface area contributed by atoms with Gasteiger partial charge in [-0.1, -0.05) is 20.3 Å². The van der Waals surface area contributed by atoms with Crippen molar-refractivity contribution in [3.05, 3.63) is 36.2 Å². The van der Waals surface area contributed by atoms with E-state index in [4.69, 9.17) is 4.74 Å². The van der Waals surface area contributed by atoms with Gasteiger partial charge in [-0.15, -0.1) is 0 Å².